The number of nitrogens with zero attached hydrogens (tertiary/aromatic N) is 4. The molecular weight excluding hydrogens is 350 g/mol. The molecule has 0 bridgehead atoms. The summed E-state index contributed by atoms with van der Waals surface area (Å²) in [5, 5.41) is 12.2. The molecule has 1 N–H and O–H groups in total. The number of aryl methyl sites for hydroxylation is 2. The number of anilines is 2. The molecule has 8 heteroatoms. The number of carbonyl (C=O) groups excluding carboxylic acids is 1. The summed E-state index contributed by atoms with van der Waals surface area (Å²) in [6.45, 7) is 6.99. The minimum absolute atomic E-state index is 0.235. The first-order chi connectivity index (χ1) is 12.5. The molecule has 0 aliphatic carbocycles. The Morgan fingerprint density at radius 2 is 1.88 bits per heavy atom. The van der Waals surface area contributed by atoms with Crippen LogP contribution in [0.4, 0.5) is 11.6 Å². The fourth-order valence-corrected chi connectivity index (χ4v) is 4.44. The van der Waals surface area contributed by atoms with Gasteiger partial charge in [0.15, 0.2) is 0 Å². The van der Waals surface area contributed by atoms with Crippen LogP contribution in [0.2, 0.25) is 0 Å². The summed E-state index contributed by atoms with van der Waals surface area (Å²) in [6.07, 6.45) is 1.93. The van der Waals surface area contributed by atoms with E-state index >= 15 is 0 Å². The zero-order chi connectivity index (χ0) is 18.3. The highest BCUT2D eigenvalue weighted by Crippen LogP contribution is 2.35. The van der Waals surface area contributed by atoms with Crippen LogP contribution in [0.25, 0.3) is 10.2 Å². The van der Waals surface area contributed by atoms with Crippen molar-refractivity contribution in [2.45, 2.75) is 13.8 Å². The summed E-state index contributed by atoms with van der Waals surface area (Å²) in [5.41, 5.74) is 0.693. The van der Waals surface area contributed by atoms with Crippen molar-refractivity contribution in [1.82, 2.24) is 9.97 Å². The van der Waals surface area contributed by atoms with E-state index in [2.05, 4.69) is 30.8 Å². The minimum Gasteiger partial charge on any atom is -0.544 e. The lowest BCUT2D eigenvalue weighted by molar-refractivity contribution is -0.364. The van der Waals surface area contributed by atoms with E-state index in [0.717, 1.165) is 43.2 Å². The third-order valence-electron chi connectivity index (χ3n) is 4.68. The van der Waals surface area contributed by atoms with Gasteiger partial charge in [0, 0.05) is 6.07 Å². The molecule has 0 radical (unpaired) electrons. The van der Waals surface area contributed by atoms with Crippen LogP contribution in [-0.2, 0) is 0 Å². The van der Waals surface area contributed by atoms with Crippen LogP contribution in [0, 0.1) is 13.8 Å². The van der Waals surface area contributed by atoms with E-state index in [1.54, 1.807) is 6.92 Å². The number of thiophene rings is 1. The van der Waals surface area contributed by atoms with Crippen LogP contribution >= 0.6 is 11.3 Å². The van der Waals surface area contributed by atoms with Crippen LogP contribution in [0.15, 0.2) is 24.4 Å². The van der Waals surface area contributed by atoms with Crippen LogP contribution in [-0.4, -0.2) is 42.1 Å². The van der Waals surface area contributed by atoms with Gasteiger partial charge in [-0.25, -0.2) is 15.0 Å². The molecule has 0 unspecified atom stereocenters. The number of aromatic nitrogens is 3. The molecule has 4 rings (SSSR count). The highest BCUT2D eigenvalue weighted by Gasteiger charge is 2.27. The first-order valence-corrected chi connectivity index (χ1v) is 9.32. The number of rotatable bonds is 3. The Kier molecular flexibility index (Phi) is 4.20. The van der Waals surface area contributed by atoms with Crippen LogP contribution < -0.4 is 19.9 Å². The van der Waals surface area contributed by atoms with Gasteiger partial charge in [-0.1, -0.05) is 6.07 Å². The zero-order valence-corrected chi connectivity index (χ0v) is 15.5. The number of carbonyl (C=O) groups is 1. The fourth-order valence-electron chi connectivity index (χ4n) is 3.38. The Labute approximate surface area is 154 Å². The van der Waals surface area contributed by atoms with Crippen molar-refractivity contribution >= 4 is 39.2 Å². The number of carboxylic acid groups (broad SMARTS) is 1. The summed E-state index contributed by atoms with van der Waals surface area (Å²) < 4.78 is 0. The van der Waals surface area contributed by atoms with Crippen molar-refractivity contribution in [2.75, 3.05) is 36.0 Å². The number of hydrogen-bond acceptors (Lipinski definition) is 7. The molecule has 7 nitrogen and oxygen atoms in total. The smallest absolute Gasteiger partial charge is 0.274 e. The second kappa shape index (κ2) is 6.53. The summed E-state index contributed by atoms with van der Waals surface area (Å²) >= 11 is 1.17. The number of piperazine rings is 1. The standard InChI is InChI=1S/C18H19N5O2S/c1-11-14-16(20-12(2)21-17(14)26-15(11)18(24)25)23-9-7-22(8-10-23)13-5-3-4-6-19-13/h3-6H,7-10H2,1-2H3,(H,24,25). The van der Waals surface area contributed by atoms with Gasteiger partial charge in [0.25, 0.3) is 5.82 Å². The van der Waals surface area contributed by atoms with E-state index in [1.807, 2.05) is 25.3 Å². The first-order valence-electron chi connectivity index (χ1n) is 8.50. The second-order valence-corrected chi connectivity index (χ2v) is 7.34. The summed E-state index contributed by atoms with van der Waals surface area (Å²) in [7, 11) is 0. The number of pyridine rings is 1. The van der Waals surface area contributed by atoms with Gasteiger partial charge in [0.1, 0.15) is 29.6 Å². The molecule has 134 valence electrons. The molecule has 1 aliphatic rings. The Bertz CT molecular complexity index is 965. The normalized spacial score (nSPS) is 14.8. The topological polar surface area (TPSA) is 86.5 Å². The van der Waals surface area contributed by atoms with Gasteiger partial charge in [-0.3, -0.25) is 4.90 Å². The number of nitrogens with one attached hydrogen (secondary N) is 1. The van der Waals surface area contributed by atoms with Crippen LogP contribution in [0.3, 0.4) is 0 Å². The number of hydrogen-bond donors (Lipinski definition) is 0. The molecular formula is C18H19N5O2S. The summed E-state index contributed by atoms with van der Waals surface area (Å²) in [4.78, 5) is 29.2. The maximum absolute atomic E-state index is 11.4. The second-order valence-electron chi connectivity index (χ2n) is 6.34. The summed E-state index contributed by atoms with van der Waals surface area (Å²) in [5.74, 6) is 1.42. The molecule has 0 aromatic carbocycles. The third-order valence-corrected chi connectivity index (χ3v) is 5.85. The van der Waals surface area contributed by atoms with Crippen molar-refractivity contribution in [2.24, 2.45) is 0 Å². The van der Waals surface area contributed by atoms with E-state index in [9.17, 15) is 9.90 Å². The van der Waals surface area contributed by atoms with Crippen molar-refractivity contribution in [1.29, 1.82) is 0 Å². The lowest BCUT2D eigenvalue weighted by Gasteiger charge is -2.32. The van der Waals surface area contributed by atoms with Gasteiger partial charge >= 0.3 is 0 Å². The van der Waals surface area contributed by atoms with E-state index < -0.39 is 5.97 Å². The molecule has 1 saturated heterocycles. The maximum Gasteiger partial charge on any atom is 0.274 e. The van der Waals surface area contributed by atoms with E-state index in [1.165, 1.54) is 11.3 Å². The average Bonchev–Trinajstić information content (AvgIpc) is 2.99. The third kappa shape index (κ3) is 2.86. The molecule has 1 aliphatic heterocycles. The molecule has 3 aromatic heterocycles. The van der Waals surface area contributed by atoms with Crippen LogP contribution in [0.5, 0.6) is 0 Å². The Hall–Kier alpha value is -2.74. The Balaban J connectivity index is 1.66. The van der Waals surface area contributed by atoms with Gasteiger partial charge in [-0.05, 0) is 25.5 Å². The predicted molar refractivity (Wildman–Crippen MR) is 98.6 cm³/mol. The van der Waals surface area contributed by atoms with Gasteiger partial charge < -0.3 is 14.8 Å². The van der Waals surface area contributed by atoms with Crippen LogP contribution in [0.1, 0.15) is 21.1 Å². The van der Waals surface area contributed by atoms with E-state index in [-0.39, 0.29) is 4.88 Å². The largest absolute Gasteiger partial charge is 0.544 e. The fraction of sp³-hybridized carbons (Fsp3) is 0.333. The van der Waals surface area contributed by atoms with E-state index in [0.29, 0.717) is 16.2 Å². The predicted octanol–water partition coefficient (Wildman–Crippen LogP) is 0.812. The van der Waals surface area contributed by atoms with Crippen molar-refractivity contribution in [3.05, 3.63) is 40.7 Å². The lowest BCUT2D eigenvalue weighted by Crippen LogP contribution is -2.48. The van der Waals surface area contributed by atoms with Gasteiger partial charge in [0.05, 0.1) is 35.5 Å². The number of carboxylic acids is 1. The van der Waals surface area contributed by atoms with Gasteiger partial charge in [-0.15, -0.1) is 11.3 Å². The highest BCUT2D eigenvalue weighted by atomic mass is 32.1. The minimum atomic E-state index is -1.15. The molecule has 0 atom stereocenters. The Morgan fingerprint density at radius 1 is 1.15 bits per heavy atom. The van der Waals surface area contributed by atoms with Crippen molar-refractivity contribution in [3.63, 3.8) is 0 Å². The van der Waals surface area contributed by atoms with E-state index in [4.69, 9.17) is 0 Å². The van der Waals surface area contributed by atoms with Gasteiger partial charge in [-0.2, -0.15) is 0 Å². The van der Waals surface area contributed by atoms with Crippen molar-refractivity contribution in [3.8, 4) is 0 Å². The molecule has 0 saturated carbocycles. The highest BCUT2D eigenvalue weighted by molar-refractivity contribution is 7.20. The van der Waals surface area contributed by atoms with Gasteiger partial charge in [0.2, 0.25) is 0 Å². The molecule has 0 amide bonds. The SMILES string of the molecule is Cc1nc(N2CCN(c3cccc[nH+]3)CC2)c2c(C)c(C(=O)[O-])sc2n1. The maximum atomic E-state index is 11.4. The molecule has 3 aromatic rings. The molecule has 0 spiro atoms. The zero-order valence-electron chi connectivity index (χ0n) is 14.7. The summed E-state index contributed by atoms with van der Waals surface area (Å²) in [6, 6.07) is 6.05. The Morgan fingerprint density at radius 3 is 2.54 bits per heavy atom. The first kappa shape index (κ1) is 16.7. The molecule has 4 heterocycles. The lowest BCUT2D eigenvalue weighted by atomic mass is 10.2. The molecule has 1 fully saturated rings. The monoisotopic (exact) mass is 369 g/mol. The average molecular weight is 369 g/mol. The van der Waals surface area contributed by atoms with Crippen molar-refractivity contribution < 1.29 is 14.9 Å². The quantitative estimate of drug-likeness (QED) is 0.679. The number of aromatic amines is 1. The number of fused-ring (bicyclic) bond motifs is 1. The molecule has 26 heavy (non-hydrogen) atoms. The number of H-pyrrole nitrogens is 1. The number of aromatic carboxylic acids is 1.